The van der Waals surface area contributed by atoms with E-state index >= 15 is 0 Å². The molecule has 0 unspecified atom stereocenters. The summed E-state index contributed by atoms with van der Waals surface area (Å²) >= 11 is 0. The Morgan fingerprint density at radius 3 is 2.32 bits per heavy atom. The fraction of sp³-hybridized carbons (Fsp3) is 0.875. The van der Waals surface area contributed by atoms with Gasteiger partial charge in [0.2, 0.25) is 0 Å². The van der Waals surface area contributed by atoms with Crippen LogP contribution in [0.3, 0.4) is 0 Å². The number of nitrogens with zero attached hydrogens (tertiary/aromatic N) is 1. The minimum atomic E-state index is -0.833. The third kappa shape index (κ3) is 4.68. The van der Waals surface area contributed by atoms with Gasteiger partial charge in [0.25, 0.3) is 11.9 Å². The number of amides is 1. The maximum Gasteiger partial charge on any atom is 0.300 e. The Labute approximate surface area is 133 Å². The van der Waals surface area contributed by atoms with Gasteiger partial charge in [-0.3, -0.25) is 9.59 Å². The highest BCUT2D eigenvalue weighted by Crippen LogP contribution is 2.39. The molecule has 1 spiro atoms. The quantitative estimate of drug-likeness (QED) is 0.810. The van der Waals surface area contributed by atoms with Crippen LogP contribution in [0.2, 0.25) is 0 Å². The molecule has 22 heavy (non-hydrogen) atoms. The Hall–Kier alpha value is -1.14. The van der Waals surface area contributed by atoms with E-state index in [1.54, 1.807) is 0 Å². The van der Waals surface area contributed by atoms with Crippen LogP contribution < -0.4 is 5.32 Å². The fourth-order valence-corrected chi connectivity index (χ4v) is 3.37. The van der Waals surface area contributed by atoms with Gasteiger partial charge < -0.3 is 20.1 Å². The largest absolute Gasteiger partial charge is 0.481 e. The third-order valence-corrected chi connectivity index (χ3v) is 4.44. The number of carbonyl (C=O) groups is 2. The van der Waals surface area contributed by atoms with Gasteiger partial charge in [0.05, 0.1) is 5.60 Å². The van der Waals surface area contributed by atoms with Gasteiger partial charge in [-0.05, 0) is 53.5 Å². The van der Waals surface area contributed by atoms with Crippen molar-refractivity contribution in [2.75, 3.05) is 20.1 Å². The highest BCUT2D eigenvalue weighted by molar-refractivity contribution is 5.85. The molecule has 2 aliphatic rings. The van der Waals surface area contributed by atoms with Crippen LogP contribution in [0.5, 0.6) is 0 Å². The Bertz CT molecular complexity index is 397. The van der Waals surface area contributed by atoms with E-state index in [0.717, 1.165) is 45.7 Å². The monoisotopic (exact) mass is 314 g/mol. The van der Waals surface area contributed by atoms with Gasteiger partial charge in [0, 0.05) is 26.1 Å². The molecule has 0 bridgehead atoms. The van der Waals surface area contributed by atoms with E-state index in [1.165, 1.54) is 0 Å². The molecule has 1 heterocycles. The molecule has 2 fully saturated rings. The summed E-state index contributed by atoms with van der Waals surface area (Å²) in [5.41, 5.74) is -0.776. The number of aliphatic carboxylic acids is 1. The average molecular weight is 314 g/mol. The van der Waals surface area contributed by atoms with Gasteiger partial charge in [-0.25, -0.2) is 0 Å². The van der Waals surface area contributed by atoms with Crippen molar-refractivity contribution in [3.63, 3.8) is 0 Å². The van der Waals surface area contributed by atoms with Crippen molar-refractivity contribution in [2.24, 2.45) is 0 Å². The molecule has 128 valence electrons. The van der Waals surface area contributed by atoms with E-state index in [9.17, 15) is 4.79 Å². The predicted octanol–water partition coefficient (Wildman–Crippen LogP) is 1.64. The van der Waals surface area contributed by atoms with E-state index in [2.05, 4.69) is 5.32 Å². The first-order valence-electron chi connectivity index (χ1n) is 8.02. The molecule has 6 nitrogen and oxygen atoms in total. The third-order valence-electron chi connectivity index (χ3n) is 4.44. The molecular formula is C16H30N2O4. The summed E-state index contributed by atoms with van der Waals surface area (Å²) in [5, 5.41) is 10.8. The Morgan fingerprint density at radius 2 is 1.91 bits per heavy atom. The second kappa shape index (κ2) is 7.42. The highest BCUT2D eigenvalue weighted by Gasteiger charge is 2.50. The molecule has 6 heteroatoms. The summed E-state index contributed by atoms with van der Waals surface area (Å²) in [7, 11) is 2.02. The minimum absolute atomic E-state index is 0.110. The zero-order valence-corrected chi connectivity index (χ0v) is 14.4. The molecule has 2 N–H and O–H groups in total. The number of carbonyl (C=O) groups excluding carboxylic acids is 1. The zero-order chi connectivity index (χ0) is 17.0. The lowest BCUT2D eigenvalue weighted by molar-refractivity contribution is -0.214. The molecule has 2 rings (SSSR count). The average Bonchev–Trinajstić information content (AvgIpc) is 2.43. The second-order valence-electron chi connectivity index (χ2n) is 6.70. The molecule has 0 aromatic rings. The van der Waals surface area contributed by atoms with Crippen molar-refractivity contribution in [3.05, 3.63) is 0 Å². The van der Waals surface area contributed by atoms with Crippen molar-refractivity contribution in [1.29, 1.82) is 0 Å². The first kappa shape index (κ1) is 18.9. The normalized spacial score (nSPS) is 30.7. The van der Waals surface area contributed by atoms with Crippen LogP contribution in [0.25, 0.3) is 0 Å². The SMILES string of the molecule is CC(=O)O.CCN1C[C@]2(CC[C@@H](NC)CC2)OC(C)(C)C1=O. The molecular weight excluding hydrogens is 284 g/mol. The van der Waals surface area contributed by atoms with Crippen molar-refractivity contribution in [2.45, 2.75) is 70.6 Å². The Morgan fingerprint density at radius 1 is 1.41 bits per heavy atom. The number of morpholine rings is 1. The first-order valence-corrected chi connectivity index (χ1v) is 8.02. The molecule has 1 aliphatic heterocycles. The maximum absolute atomic E-state index is 12.2. The fourth-order valence-electron chi connectivity index (χ4n) is 3.37. The maximum atomic E-state index is 12.2. The van der Waals surface area contributed by atoms with E-state index in [4.69, 9.17) is 14.6 Å². The molecule has 1 saturated heterocycles. The van der Waals surface area contributed by atoms with Gasteiger partial charge >= 0.3 is 0 Å². The van der Waals surface area contributed by atoms with Gasteiger partial charge in [-0.1, -0.05) is 0 Å². The number of carboxylic acids is 1. The lowest BCUT2D eigenvalue weighted by atomic mass is 9.79. The summed E-state index contributed by atoms with van der Waals surface area (Å²) in [4.78, 5) is 23.2. The molecule has 1 aliphatic carbocycles. The highest BCUT2D eigenvalue weighted by atomic mass is 16.5. The van der Waals surface area contributed by atoms with Gasteiger partial charge in [0.15, 0.2) is 0 Å². The van der Waals surface area contributed by atoms with Gasteiger partial charge in [-0.15, -0.1) is 0 Å². The van der Waals surface area contributed by atoms with Crippen LogP contribution in [-0.2, 0) is 14.3 Å². The number of rotatable bonds is 2. The number of likely N-dealkylation sites (N-methyl/N-ethyl adjacent to an activating group) is 1. The van der Waals surface area contributed by atoms with Crippen LogP contribution in [0, 0.1) is 0 Å². The van der Waals surface area contributed by atoms with Crippen LogP contribution in [0.15, 0.2) is 0 Å². The Kier molecular flexibility index (Phi) is 6.38. The number of hydrogen-bond donors (Lipinski definition) is 2. The summed E-state index contributed by atoms with van der Waals surface area (Å²) in [6.07, 6.45) is 4.37. The minimum Gasteiger partial charge on any atom is -0.481 e. The second-order valence-corrected chi connectivity index (χ2v) is 6.70. The van der Waals surface area contributed by atoms with Crippen molar-refractivity contribution in [3.8, 4) is 0 Å². The molecule has 0 aromatic heterocycles. The number of ether oxygens (including phenoxy) is 1. The van der Waals surface area contributed by atoms with E-state index in [-0.39, 0.29) is 11.5 Å². The number of hydrogen-bond acceptors (Lipinski definition) is 4. The Balaban J connectivity index is 0.000000541. The zero-order valence-electron chi connectivity index (χ0n) is 14.4. The van der Waals surface area contributed by atoms with Crippen molar-refractivity contribution < 1.29 is 19.4 Å². The smallest absolute Gasteiger partial charge is 0.300 e. The van der Waals surface area contributed by atoms with Crippen LogP contribution in [0.1, 0.15) is 53.4 Å². The molecule has 0 atom stereocenters. The number of nitrogens with one attached hydrogen (secondary N) is 1. The molecule has 0 radical (unpaired) electrons. The summed E-state index contributed by atoms with van der Waals surface area (Å²) in [5.74, 6) is -0.702. The van der Waals surface area contributed by atoms with E-state index < -0.39 is 11.6 Å². The van der Waals surface area contributed by atoms with Gasteiger partial charge in [-0.2, -0.15) is 0 Å². The standard InChI is InChI=1S/C14H26N2O2.C2H4O2/c1-5-16-10-14(18-13(2,3)12(16)17)8-6-11(15-4)7-9-14;1-2(3)4/h11,15H,5-10H2,1-4H3;1H3,(H,3,4)/t11-,14-;. The summed E-state index contributed by atoms with van der Waals surface area (Å²) < 4.78 is 6.22. The van der Waals surface area contributed by atoms with E-state index in [1.807, 2.05) is 32.7 Å². The first-order chi connectivity index (χ1) is 10.2. The topological polar surface area (TPSA) is 78.9 Å². The predicted molar refractivity (Wildman–Crippen MR) is 84.8 cm³/mol. The van der Waals surface area contributed by atoms with Crippen LogP contribution in [-0.4, -0.2) is 59.3 Å². The van der Waals surface area contributed by atoms with E-state index in [0.29, 0.717) is 6.04 Å². The molecule has 1 saturated carbocycles. The lowest BCUT2D eigenvalue weighted by Gasteiger charge is -2.51. The lowest BCUT2D eigenvalue weighted by Crippen LogP contribution is -2.64. The summed E-state index contributed by atoms with van der Waals surface area (Å²) in [6, 6.07) is 0.607. The molecule has 1 amide bonds. The van der Waals surface area contributed by atoms with Crippen molar-refractivity contribution >= 4 is 11.9 Å². The van der Waals surface area contributed by atoms with Gasteiger partial charge in [0.1, 0.15) is 5.60 Å². The number of carboxylic acid groups (broad SMARTS) is 1. The van der Waals surface area contributed by atoms with Crippen LogP contribution in [0.4, 0.5) is 0 Å². The van der Waals surface area contributed by atoms with Crippen LogP contribution >= 0.6 is 0 Å². The summed E-state index contributed by atoms with van der Waals surface area (Å²) in [6.45, 7) is 8.49. The van der Waals surface area contributed by atoms with Crippen molar-refractivity contribution in [1.82, 2.24) is 10.2 Å². The molecule has 0 aromatic carbocycles.